The quantitative estimate of drug-likeness (QED) is 0.683. The van der Waals surface area contributed by atoms with Gasteiger partial charge in [-0.15, -0.1) is 5.10 Å². The highest BCUT2D eigenvalue weighted by atomic mass is 19.4. The van der Waals surface area contributed by atoms with E-state index in [1.54, 1.807) is 0 Å². The van der Waals surface area contributed by atoms with Crippen molar-refractivity contribution in [1.29, 1.82) is 0 Å². The molecule has 0 saturated heterocycles. The topological polar surface area (TPSA) is 69.6 Å². The molecule has 0 spiro atoms. The number of hydrogen-bond donors (Lipinski definition) is 1. The monoisotopic (exact) mass is 301 g/mol. The maximum absolute atomic E-state index is 13.7. The van der Waals surface area contributed by atoms with Crippen LogP contribution in [-0.2, 0) is 5.54 Å². The van der Waals surface area contributed by atoms with Crippen molar-refractivity contribution in [2.24, 2.45) is 0 Å². The molecule has 1 aromatic heterocycles. The Labute approximate surface area is 116 Å². The number of alkyl halides is 3. The molecular weight excluding hydrogens is 290 g/mol. The summed E-state index contributed by atoms with van der Waals surface area (Å²) in [5.74, 6) is -0.758. The standard InChI is InChI=1S/C12H11F4N5/c1-6-8(13)4-7(5-9(6)17)10-18-19-20-21(10)11(2-3-11)12(14,15)16/h4-5H,2-3,17H2,1H3. The van der Waals surface area contributed by atoms with Gasteiger partial charge in [-0.2, -0.15) is 13.2 Å². The first-order valence-corrected chi connectivity index (χ1v) is 6.18. The van der Waals surface area contributed by atoms with Crippen LogP contribution in [0.1, 0.15) is 18.4 Å². The summed E-state index contributed by atoms with van der Waals surface area (Å²) in [6.07, 6.45) is -4.66. The molecule has 0 aliphatic heterocycles. The fourth-order valence-corrected chi connectivity index (χ4v) is 2.22. The van der Waals surface area contributed by atoms with E-state index in [-0.39, 0.29) is 35.5 Å². The third-order valence-electron chi connectivity index (χ3n) is 3.77. The molecule has 0 atom stereocenters. The highest BCUT2D eigenvalue weighted by Gasteiger charge is 2.66. The largest absolute Gasteiger partial charge is 0.413 e. The SMILES string of the molecule is Cc1c(N)cc(-c2nnnn2C2(C(F)(F)F)CC2)cc1F. The van der Waals surface area contributed by atoms with Crippen molar-refractivity contribution in [3.8, 4) is 11.4 Å². The predicted octanol–water partition coefficient (Wildman–Crippen LogP) is 2.42. The van der Waals surface area contributed by atoms with Crippen LogP contribution in [0.5, 0.6) is 0 Å². The lowest BCUT2D eigenvalue weighted by Crippen LogP contribution is -2.36. The second-order valence-electron chi connectivity index (χ2n) is 5.12. The van der Waals surface area contributed by atoms with Crippen LogP contribution in [0, 0.1) is 12.7 Å². The summed E-state index contributed by atoms with van der Waals surface area (Å²) in [7, 11) is 0. The summed E-state index contributed by atoms with van der Waals surface area (Å²) in [6.45, 7) is 1.48. The van der Waals surface area contributed by atoms with Crippen molar-refractivity contribution in [3.63, 3.8) is 0 Å². The minimum atomic E-state index is -4.47. The van der Waals surface area contributed by atoms with E-state index in [0.717, 1.165) is 10.7 Å². The van der Waals surface area contributed by atoms with E-state index in [0.29, 0.717) is 0 Å². The molecule has 1 fully saturated rings. The minimum Gasteiger partial charge on any atom is -0.398 e. The third-order valence-corrected chi connectivity index (χ3v) is 3.77. The molecule has 1 heterocycles. The Morgan fingerprint density at radius 1 is 1.29 bits per heavy atom. The maximum Gasteiger partial charge on any atom is 0.413 e. The summed E-state index contributed by atoms with van der Waals surface area (Å²) in [5, 5.41) is 10.3. The van der Waals surface area contributed by atoms with Crippen LogP contribution in [0.25, 0.3) is 11.4 Å². The van der Waals surface area contributed by atoms with Gasteiger partial charge in [-0.1, -0.05) is 0 Å². The molecule has 2 aromatic rings. The van der Waals surface area contributed by atoms with Gasteiger partial charge in [0.15, 0.2) is 11.4 Å². The molecule has 9 heteroatoms. The zero-order valence-corrected chi connectivity index (χ0v) is 10.9. The molecule has 1 aromatic carbocycles. The molecule has 1 saturated carbocycles. The van der Waals surface area contributed by atoms with Crippen LogP contribution in [0.15, 0.2) is 12.1 Å². The van der Waals surface area contributed by atoms with Gasteiger partial charge in [0.05, 0.1) is 0 Å². The molecular formula is C12H11F4N5. The lowest BCUT2D eigenvalue weighted by atomic mass is 10.1. The molecule has 1 aliphatic carbocycles. The Kier molecular flexibility index (Phi) is 2.72. The van der Waals surface area contributed by atoms with Crippen LogP contribution >= 0.6 is 0 Å². The third kappa shape index (κ3) is 1.95. The van der Waals surface area contributed by atoms with Crippen LogP contribution in [-0.4, -0.2) is 26.4 Å². The number of rotatable bonds is 2. The second kappa shape index (κ2) is 4.15. The van der Waals surface area contributed by atoms with E-state index in [2.05, 4.69) is 15.5 Å². The van der Waals surface area contributed by atoms with Gasteiger partial charge in [0, 0.05) is 16.8 Å². The Hall–Kier alpha value is -2.19. The predicted molar refractivity (Wildman–Crippen MR) is 65.6 cm³/mol. The molecule has 112 valence electrons. The Bertz CT molecular complexity index is 679. The Morgan fingerprint density at radius 3 is 2.48 bits per heavy atom. The molecule has 3 rings (SSSR count). The number of halogens is 4. The van der Waals surface area contributed by atoms with Gasteiger partial charge in [0.25, 0.3) is 0 Å². The average molecular weight is 301 g/mol. The first-order chi connectivity index (χ1) is 9.76. The summed E-state index contributed by atoms with van der Waals surface area (Å²) < 4.78 is 53.9. The average Bonchev–Trinajstić information content (AvgIpc) is 3.07. The second-order valence-corrected chi connectivity index (χ2v) is 5.12. The summed E-state index contributed by atoms with van der Waals surface area (Å²) in [5.41, 5.74) is 4.04. The van der Waals surface area contributed by atoms with Gasteiger partial charge in [-0.3, -0.25) is 0 Å². The molecule has 21 heavy (non-hydrogen) atoms. The maximum atomic E-state index is 13.7. The van der Waals surface area contributed by atoms with Gasteiger partial charge < -0.3 is 5.73 Å². The fraction of sp³-hybridized carbons (Fsp3) is 0.417. The van der Waals surface area contributed by atoms with E-state index in [1.807, 2.05) is 0 Å². The van der Waals surface area contributed by atoms with Crippen molar-refractivity contribution in [2.45, 2.75) is 31.5 Å². The van der Waals surface area contributed by atoms with Crippen molar-refractivity contribution in [1.82, 2.24) is 20.2 Å². The molecule has 0 bridgehead atoms. The number of nitrogens with two attached hydrogens (primary N) is 1. The molecule has 0 unspecified atom stereocenters. The highest BCUT2D eigenvalue weighted by Crippen LogP contribution is 2.55. The smallest absolute Gasteiger partial charge is 0.398 e. The summed E-state index contributed by atoms with van der Waals surface area (Å²) in [6, 6.07) is 2.45. The van der Waals surface area contributed by atoms with Crippen molar-refractivity contribution < 1.29 is 17.6 Å². The van der Waals surface area contributed by atoms with Crippen molar-refractivity contribution in [2.75, 3.05) is 5.73 Å². The molecule has 1 aliphatic rings. The molecule has 2 N–H and O–H groups in total. The van der Waals surface area contributed by atoms with Crippen LogP contribution < -0.4 is 5.73 Å². The lowest BCUT2D eigenvalue weighted by Gasteiger charge is -2.20. The van der Waals surface area contributed by atoms with Crippen LogP contribution in [0.4, 0.5) is 23.2 Å². The van der Waals surface area contributed by atoms with Gasteiger partial charge in [0.1, 0.15) is 5.82 Å². The number of tetrazole rings is 1. The van der Waals surface area contributed by atoms with E-state index >= 15 is 0 Å². The van der Waals surface area contributed by atoms with E-state index in [9.17, 15) is 17.6 Å². The molecule has 5 nitrogen and oxygen atoms in total. The van der Waals surface area contributed by atoms with Gasteiger partial charge in [-0.25, -0.2) is 9.07 Å². The normalized spacial score (nSPS) is 17.0. The zero-order chi connectivity index (χ0) is 15.4. The number of aromatic nitrogens is 4. The molecule has 0 amide bonds. The fourth-order valence-electron chi connectivity index (χ4n) is 2.22. The first kappa shape index (κ1) is 13.8. The first-order valence-electron chi connectivity index (χ1n) is 6.18. The van der Waals surface area contributed by atoms with Gasteiger partial charge in [0.2, 0.25) is 0 Å². The number of hydrogen-bond acceptors (Lipinski definition) is 4. The van der Waals surface area contributed by atoms with Gasteiger partial charge >= 0.3 is 6.18 Å². The van der Waals surface area contributed by atoms with Crippen LogP contribution in [0.3, 0.4) is 0 Å². The highest BCUT2D eigenvalue weighted by molar-refractivity contribution is 5.64. The lowest BCUT2D eigenvalue weighted by molar-refractivity contribution is -0.182. The number of anilines is 1. The molecule has 0 radical (unpaired) electrons. The Morgan fingerprint density at radius 2 is 1.95 bits per heavy atom. The summed E-state index contributed by atoms with van der Waals surface area (Å²) >= 11 is 0. The zero-order valence-electron chi connectivity index (χ0n) is 10.9. The number of nitrogen functional groups attached to an aromatic ring is 1. The van der Waals surface area contributed by atoms with Crippen LogP contribution in [0.2, 0.25) is 0 Å². The Balaban J connectivity index is 2.13. The van der Waals surface area contributed by atoms with Crippen molar-refractivity contribution in [3.05, 3.63) is 23.5 Å². The van der Waals surface area contributed by atoms with Gasteiger partial charge in [-0.05, 0) is 42.3 Å². The minimum absolute atomic E-state index is 0.0988. The van der Waals surface area contributed by atoms with E-state index in [4.69, 9.17) is 5.73 Å². The van der Waals surface area contributed by atoms with E-state index in [1.165, 1.54) is 13.0 Å². The number of nitrogens with zero attached hydrogens (tertiary/aromatic N) is 4. The van der Waals surface area contributed by atoms with Crippen molar-refractivity contribution >= 4 is 5.69 Å². The van der Waals surface area contributed by atoms with E-state index < -0.39 is 17.5 Å². The summed E-state index contributed by atoms with van der Waals surface area (Å²) in [4.78, 5) is 0. The number of benzene rings is 1.